The first-order valence-electron chi connectivity index (χ1n) is 10.6. The van der Waals surface area contributed by atoms with Crippen molar-refractivity contribution < 1.29 is 24.5 Å². The van der Waals surface area contributed by atoms with E-state index in [9.17, 15) is 4.79 Å². The van der Waals surface area contributed by atoms with Gasteiger partial charge in [0, 0.05) is 50.8 Å². The van der Waals surface area contributed by atoms with E-state index in [1.54, 1.807) is 18.9 Å². The zero-order valence-corrected chi connectivity index (χ0v) is 19.5. The summed E-state index contributed by atoms with van der Waals surface area (Å²) in [7, 11) is 0. The van der Waals surface area contributed by atoms with Crippen LogP contribution in [0.15, 0.2) is 29.2 Å². The van der Waals surface area contributed by atoms with Gasteiger partial charge in [-0.3, -0.25) is 0 Å². The first-order chi connectivity index (χ1) is 14.3. The summed E-state index contributed by atoms with van der Waals surface area (Å²) in [5, 5.41) is 18.6. The maximum absolute atomic E-state index is 10.5. The summed E-state index contributed by atoms with van der Waals surface area (Å²) in [5.74, 6) is 1.73. The van der Waals surface area contributed by atoms with Crippen LogP contribution in [0, 0.1) is 5.92 Å². The molecule has 1 aromatic carbocycles. The Morgan fingerprint density at radius 1 is 1.40 bits per heavy atom. The monoisotopic (exact) mass is 442 g/mol. The van der Waals surface area contributed by atoms with Crippen molar-refractivity contribution >= 4 is 18.0 Å². The highest BCUT2D eigenvalue weighted by atomic mass is 32.2. The van der Waals surface area contributed by atoms with Crippen molar-refractivity contribution in [2.45, 2.75) is 57.5 Å². The maximum Gasteiger partial charge on any atom is 0.404 e. The molecule has 172 valence electrons. The van der Waals surface area contributed by atoms with Crippen LogP contribution < -0.4 is 10.1 Å². The standard InChI is InChI=1S/C15H22N2O3S.C5H10O.C2H6O/c1-15(2)7-10-17(9-4-8-16-14(18)19)21-13-6-3-5-12(11-13)20-15;1-5-2-3-6-4-5;1-2-3/h3,5-6,11,16H,4,7-10H2,1-2H3,(H,18,19);5H,2-4H2,1H3;3H,2H2,1H3. The van der Waals surface area contributed by atoms with Crippen LogP contribution in [0.25, 0.3) is 0 Å². The quantitative estimate of drug-likeness (QED) is 0.474. The van der Waals surface area contributed by atoms with Crippen LogP contribution in [0.4, 0.5) is 4.79 Å². The molecule has 1 atom stereocenters. The van der Waals surface area contributed by atoms with Gasteiger partial charge in [-0.25, -0.2) is 9.10 Å². The maximum atomic E-state index is 10.5. The van der Waals surface area contributed by atoms with Crippen LogP contribution in [0.3, 0.4) is 0 Å². The predicted octanol–water partition coefficient (Wildman–Crippen LogP) is 4.26. The molecule has 0 aliphatic carbocycles. The van der Waals surface area contributed by atoms with E-state index in [0.29, 0.717) is 6.54 Å². The van der Waals surface area contributed by atoms with E-state index in [2.05, 4.69) is 42.5 Å². The zero-order chi connectivity index (χ0) is 22.4. The third-order valence-electron chi connectivity index (χ3n) is 4.42. The van der Waals surface area contributed by atoms with Crippen molar-refractivity contribution in [3.63, 3.8) is 0 Å². The topological polar surface area (TPSA) is 91.3 Å². The Morgan fingerprint density at radius 3 is 2.70 bits per heavy atom. The molecule has 0 aromatic heterocycles. The largest absolute Gasteiger partial charge is 0.488 e. The molecule has 1 saturated heterocycles. The number of hydrogen-bond acceptors (Lipinski definition) is 6. The number of nitrogens with one attached hydrogen (secondary N) is 1. The first kappa shape index (κ1) is 26.6. The molecule has 3 rings (SSSR count). The van der Waals surface area contributed by atoms with Crippen LogP contribution in [0.2, 0.25) is 0 Å². The summed E-state index contributed by atoms with van der Waals surface area (Å²) in [5.41, 5.74) is -0.207. The fourth-order valence-corrected chi connectivity index (χ4v) is 3.82. The van der Waals surface area contributed by atoms with E-state index in [1.165, 1.54) is 6.42 Å². The Labute approximate surface area is 185 Å². The number of ether oxygens (including phenoxy) is 2. The van der Waals surface area contributed by atoms with Gasteiger partial charge in [0.25, 0.3) is 0 Å². The number of rotatable bonds is 4. The molecule has 0 spiro atoms. The second-order valence-electron chi connectivity index (χ2n) is 7.98. The third kappa shape index (κ3) is 12.3. The highest BCUT2D eigenvalue weighted by Crippen LogP contribution is 2.32. The highest BCUT2D eigenvalue weighted by Gasteiger charge is 2.23. The van der Waals surface area contributed by atoms with Gasteiger partial charge in [0.1, 0.15) is 11.4 Å². The molecule has 30 heavy (non-hydrogen) atoms. The van der Waals surface area contributed by atoms with Crippen LogP contribution in [-0.2, 0) is 4.74 Å². The molecule has 7 nitrogen and oxygen atoms in total. The van der Waals surface area contributed by atoms with Crippen molar-refractivity contribution in [3.05, 3.63) is 24.3 Å². The summed E-state index contributed by atoms with van der Waals surface area (Å²) in [4.78, 5) is 11.6. The molecule has 1 amide bonds. The highest BCUT2D eigenvalue weighted by molar-refractivity contribution is 7.97. The molecule has 8 heteroatoms. The van der Waals surface area contributed by atoms with Gasteiger partial charge in [0.2, 0.25) is 0 Å². The van der Waals surface area contributed by atoms with Gasteiger partial charge in [0.15, 0.2) is 0 Å². The number of nitrogens with zero attached hydrogens (tertiary/aromatic N) is 1. The van der Waals surface area contributed by atoms with Crippen molar-refractivity contribution in [3.8, 4) is 5.75 Å². The second kappa shape index (κ2) is 14.5. The minimum Gasteiger partial charge on any atom is -0.488 e. The van der Waals surface area contributed by atoms with E-state index in [1.807, 2.05) is 12.1 Å². The van der Waals surface area contributed by atoms with Crippen LogP contribution >= 0.6 is 11.9 Å². The van der Waals surface area contributed by atoms with Gasteiger partial charge in [-0.15, -0.1) is 0 Å². The van der Waals surface area contributed by atoms with Gasteiger partial charge < -0.3 is 25.0 Å². The number of carbonyl (C=O) groups is 1. The lowest BCUT2D eigenvalue weighted by molar-refractivity contribution is 0.0943. The summed E-state index contributed by atoms with van der Waals surface area (Å²) in [6, 6.07) is 8.11. The Balaban J connectivity index is 0.000000415. The van der Waals surface area contributed by atoms with E-state index < -0.39 is 6.09 Å². The van der Waals surface area contributed by atoms with Gasteiger partial charge in [-0.05, 0) is 69.7 Å². The molecule has 1 fully saturated rings. The van der Waals surface area contributed by atoms with Crippen LogP contribution in [0.1, 0.15) is 47.0 Å². The number of amides is 1. The number of aliphatic hydroxyl groups excluding tert-OH is 1. The number of carboxylic acid groups (broad SMARTS) is 1. The van der Waals surface area contributed by atoms with Gasteiger partial charge in [0.05, 0.1) is 0 Å². The molecule has 2 bridgehead atoms. The van der Waals surface area contributed by atoms with Crippen molar-refractivity contribution in [2.75, 3.05) is 39.5 Å². The molecular formula is C22H38N2O5S. The lowest BCUT2D eigenvalue weighted by Crippen LogP contribution is -2.33. The van der Waals surface area contributed by atoms with E-state index in [4.69, 9.17) is 19.7 Å². The molecule has 2 aliphatic heterocycles. The van der Waals surface area contributed by atoms with Gasteiger partial charge >= 0.3 is 6.09 Å². The molecule has 1 unspecified atom stereocenters. The van der Waals surface area contributed by atoms with Gasteiger partial charge in [-0.2, -0.15) is 0 Å². The number of fused-ring (bicyclic) bond motifs is 2. The van der Waals surface area contributed by atoms with E-state index in [0.717, 1.165) is 55.7 Å². The Bertz CT molecular complexity index is 609. The minimum absolute atomic E-state index is 0.207. The Kier molecular flexibility index (Phi) is 12.8. The molecule has 2 aliphatic rings. The second-order valence-corrected chi connectivity index (χ2v) is 9.15. The average Bonchev–Trinajstić information content (AvgIpc) is 3.15. The van der Waals surface area contributed by atoms with Crippen molar-refractivity contribution in [2.24, 2.45) is 5.92 Å². The number of hydrogen-bond donors (Lipinski definition) is 3. The molecule has 1 aromatic rings. The van der Waals surface area contributed by atoms with E-state index >= 15 is 0 Å². The smallest absolute Gasteiger partial charge is 0.404 e. The molecule has 0 saturated carbocycles. The summed E-state index contributed by atoms with van der Waals surface area (Å²) in [6.07, 6.45) is 2.01. The Morgan fingerprint density at radius 2 is 2.13 bits per heavy atom. The van der Waals surface area contributed by atoms with E-state index in [-0.39, 0.29) is 12.2 Å². The summed E-state index contributed by atoms with van der Waals surface area (Å²) < 4.78 is 13.4. The van der Waals surface area contributed by atoms with Crippen LogP contribution in [-0.4, -0.2) is 65.7 Å². The normalized spacial score (nSPS) is 20.1. The number of benzene rings is 1. The third-order valence-corrected chi connectivity index (χ3v) is 5.50. The summed E-state index contributed by atoms with van der Waals surface area (Å²) in [6.45, 7) is 12.5. The van der Waals surface area contributed by atoms with Crippen LogP contribution in [0.5, 0.6) is 5.75 Å². The number of aliphatic hydroxyl groups is 1. The molecule has 0 radical (unpaired) electrons. The molecular weight excluding hydrogens is 404 g/mol. The lowest BCUT2D eigenvalue weighted by atomic mass is 10.1. The average molecular weight is 443 g/mol. The summed E-state index contributed by atoms with van der Waals surface area (Å²) >= 11 is 1.71. The minimum atomic E-state index is -0.964. The SMILES string of the molecule is CC1(C)CCN(CCCNC(=O)O)Sc2cccc(c2)O1.CC1CCOC1.CCO. The van der Waals surface area contributed by atoms with Gasteiger partial charge in [-0.1, -0.05) is 13.0 Å². The van der Waals surface area contributed by atoms with Crippen molar-refractivity contribution in [1.82, 2.24) is 9.62 Å². The zero-order valence-electron chi connectivity index (χ0n) is 18.7. The predicted molar refractivity (Wildman–Crippen MR) is 121 cm³/mol. The lowest BCUT2D eigenvalue weighted by Gasteiger charge is -2.28. The Hall–Kier alpha value is -1.48. The molecule has 3 N–H and O–H groups in total. The van der Waals surface area contributed by atoms with Crippen molar-refractivity contribution in [1.29, 1.82) is 0 Å². The fraction of sp³-hybridized carbons (Fsp3) is 0.682. The molecule has 2 heterocycles. The fourth-order valence-electron chi connectivity index (χ4n) is 2.81. The first-order valence-corrected chi connectivity index (χ1v) is 11.4.